The number of rotatable bonds is 5. The summed E-state index contributed by atoms with van der Waals surface area (Å²) in [7, 11) is 0. The lowest BCUT2D eigenvalue weighted by Gasteiger charge is -2.17. The Bertz CT molecular complexity index is 1480. The van der Waals surface area contributed by atoms with Crippen LogP contribution in [-0.4, -0.2) is 37.6 Å². The highest BCUT2D eigenvalue weighted by Gasteiger charge is 2.32. The summed E-state index contributed by atoms with van der Waals surface area (Å²) in [5.41, 5.74) is 2.96. The molecule has 4 aromatic rings. The Hall–Kier alpha value is -4.15. The predicted molar refractivity (Wildman–Crippen MR) is 133 cm³/mol. The van der Waals surface area contributed by atoms with Crippen molar-refractivity contribution < 1.29 is 18.0 Å². The number of carbonyl (C=O) groups excluding carboxylic acids is 1. The minimum absolute atomic E-state index is 0.0129. The van der Waals surface area contributed by atoms with Gasteiger partial charge in [-0.05, 0) is 62.1 Å². The molecular formula is C26H24F3N7O. The first-order chi connectivity index (χ1) is 17.7. The molecule has 2 N–H and O–H groups in total. The Balaban J connectivity index is 1.06. The molecule has 0 unspecified atom stereocenters. The first kappa shape index (κ1) is 23.3. The number of nitrogens with zero attached hydrogens (tertiary/aromatic N) is 5. The van der Waals surface area contributed by atoms with E-state index in [1.54, 1.807) is 11.1 Å². The van der Waals surface area contributed by atoms with Crippen LogP contribution < -0.4 is 15.5 Å². The van der Waals surface area contributed by atoms with Gasteiger partial charge in [-0.3, -0.25) is 4.79 Å². The zero-order valence-corrected chi connectivity index (χ0v) is 20.0. The molecule has 1 aliphatic carbocycles. The van der Waals surface area contributed by atoms with Gasteiger partial charge in [-0.15, -0.1) is 5.10 Å². The van der Waals surface area contributed by atoms with Crippen LogP contribution in [0.2, 0.25) is 0 Å². The standard InChI is InChI=1S/C26H24F3N7O/c1-15-2-3-16-14-35(24(37)21(16)10-15)20-6-7-22(30-13-20)31-18-4-5-19(12-18)32-25-33-23-11-17(26(27,28)29)8-9-36(23)34-25/h2-3,6-11,13,18-19H,4-5,12,14H2,1H3,(H,30,31)(H,32,34)/t18-,19-/m0/s1. The van der Waals surface area contributed by atoms with Crippen molar-refractivity contribution in [1.29, 1.82) is 0 Å². The van der Waals surface area contributed by atoms with Crippen LogP contribution in [0.1, 0.15) is 46.3 Å². The molecule has 3 aromatic heterocycles. The van der Waals surface area contributed by atoms with Crippen LogP contribution in [0.5, 0.6) is 0 Å². The van der Waals surface area contributed by atoms with Crippen LogP contribution in [0.25, 0.3) is 5.65 Å². The Labute approximate surface area is 210 Å². The molecule has 190 valence electrons. The topological polar surface area (TPSA) is 87.5 Å². The lowest BCUT2D eigenvalue weighted by Crippen LogP contribution is -2.24. The van der Waals surface area contributed by atoms with E-state index >= 15 is 0 Å². The second-order valence-corrected chi connectivity index (χ2v) is 9.60. The predicted octanol–water partition coefficient (Wildman–Crippen LogP) is 5.06. The molecule has 6 rings (SSSR count). The van der Waals surface area contributed by atoms with Crippen molar-refractivity contribution in [2.75, 3.05) is 15.5 Å². The van der Waals surface area contributed by atoms with E-state index in [1.807, 2.05) is 37.3 Å². The number of fused-ring (bicyclic) bond motifs is 2. The summed E-state index contributed by atoms with van der Waals surface area (Å²) < 4.78 is 40.2. The van der Waals surface area contributed by atoms with Crippen LogP contribution >= 0.6 is 0 Å². The summed E-state index contributed by atoms with van der Waals surface area (Å²) in [6.07, 6.45) is 1.09. The van der Waals surface area contributed by atoms with E-state index in [2.05, 4.69) is 25.7 Å². The molecule has 0 radical (unpaired) electrons. The van der Waals surface area contributed by atoms with Gasteiger partial charge in [0, 0.05) is 23.8 Å². The highest BCUT2D eigenvalue weighted by molar-refractivity contribution is 6.10. The smallest absolute Gasteiger partial charge is 0.367 e. The third-order valence-corrected chi connectivity index (χ3v) is 6.91. The maximum Gasteiger partial charge on any atom is 0.416 e. The van der Waals surface area contributed by atoms with Gasteiger partial charge >= 0.3 is 6.18 Å². The molecule has 37 heavy (non-hydrogen) atoms. The third kappa shape index (κ3) is 4.56. The van der Waals surface area contributed by atoms with Crippen molar-refractivity contribution in [2.45, 2.75) is 51.0 Å². The molecular weight excluding hydrogens is 483 g/mol. The number of aromatic nitrogens is 4. The maximum absolute atomic E-state index is 13.0. The Morgan fingerprint density at radius 2 is 1.84 bits per heavy atom. The molecule has 0 saturated heterocycles. The summed E-state index contributed by atoms with van der Waals surface area (Å²) in [5, 5.41) is 10.9. The molecule has 1 aliphatic heterocycles. The summed E-state index contributed by atoms with van der Waals surface area (Å²) in [4.78, 5) is 23.3. The summed E-state index contributed by atoms with van der Waals surface area (Å²) >= 11 is 0. The average molecular weight is 508 g/mol. The lowest BCUT2D eigenvalue weighted by atomic mass is 10.1. The average Bonchev–Trinajstić information content (AvgIpc) is 3.56. The molecule has 0 spiro atoms. The maximum atomic E-state index is 13.0. The largest absolute Gasteiger partial charge is 0.416 e. The molecule has 1 aromatic carbocycles. The summed E-state index contributed by atoms with van der Waals surface area (Å²) in [5.74, 6) is 1.01. The third-order valence-electron chi connectivity index (χ3n) is 6.91. The van der Waals surface area contributed by atoms with Gasteiger partial charge < -0.3 is 15.5 Å². The SMILES string of the molecule is Cc1ccc2c(c1)C(=O)N(c1ccc(N[C@H]3CC[C@H](Nc4nc5cc(C(F)(F)F)ccn5n4)C3)nc1)C2. The molecule has 1 saturated carbocycles. The molecule has 1 amide bonds. The Morgan fingerprint density at radius 1 is 1.03 bits per heavy atom. The number of benzene rings is 1. The number of carbonyl (C=O) groups is 1. The number of nitrogens with one attached hydrogen (secondary N) is 2. The van der Waals surface area contributed by atoms with E-state index in [4.69, 9.17) is 0 Å². The van der Waals surface area contributed by atoms with Crippen LogP contribution in [0.15, 0.2) is 54.9 Å². The summed E-state index contributed by atoms with van der Waals surface area (Å²) in [6, 6.07) is 11.9. The van der Waals surface area contributed by atoms with Gasteiger partial charge in [0.05, 0.1) is 24.0 Å². The van der Waals surface area contributed by atoms with Gasteiger partial charge in [0.25, 0.3) is 5.91 Å². The van der Waals surface area contributed by atoms with Crippen molar-refractivity contribution in [1.82, 2.24) is 19.6 Å². The van der Waals surface area contributed by atoms with Gasteiger partial charge in [-0.2, -0.15) is 18.2 Å². The second-order valence-electron chi connectivity index (χ2n) is 9.60. The van der Waals surface area contributed by atoms with E-state index < -0.39 is 11.7 Å². The number of hydrogen-bond acceptors (Lipinski definition) is 6. The first-order valence-electron chi connectivity index (χ1n) is 12.1. The van der Waals surface area contributed by atoms with Crippen LogP contribution in [-0.2, 0) is 12.7 Å². The Kier molecular flexibility index (Phi) is 5.50. The molecule has 2 atom stereocenters. The van der Waals surface area contributed by atoms with E-state index in [-0.39, 0.29) is 23.6 Å². The fraction of sp³-hybridized carbons (Fsp3) is 0.308. The quantitative estimate of drug-likeness (QED) is 0.393. The Morgan fingerprint density at radius 3 is 2.59 bits per heavy atom. The van der Waals surface area contributed by atoms with E-state index in [0.29, 0.717) is 12.5 Å². The number of alkyl halides is 3. The first-order valence-corrected chi connectivity index (χ1v) is 12.1. The second kappa shape index (κ2) is 8.75. The highest BCUT2D eigenvalue weighted by Crippen LogP contribution is 2.31. The lowest BCUT2D eigenvalue weighted by molar-refractivity contribution is -0.137. The van der Waals surface area contributed by atoms with Gasteiger partial charge in [0.2, 0.25) is 5.95 Å². The summed E-state index contributed by atoms with van der Waals surface area (Å²) in [6.45, 7) is 2.51. The van der Waals surface area contributed by atoms with Crippen molar-refractivity contribution in [2.24, 2.45) is 0 Å². The highest BCUT2D eigenvalue weighted by atomic mass is 19.4. The molecule has 8 nitrogen and oxygen atoms in total. The van der Waals surface area contributed by atoms with Crippen LogP contribution in [0, 0.1) is 6.92 Å². The number of hydrogen-bond donors (Lipinski definition) is 2. The zero-order chi connectivity index (χ0) is 25.7. The van der Waals surface area contributed by atoms with Crippen LogP contribution in [0.3, 0.4) is 0 Å². The zero-order valence-electron chi connectivity index (χ0n) is 20.0. The van der Waals surface area contributed by atoms with Crippen LogP contribution in [0.4, 0.5) is 30.6 Å². The minimum Gasteiger partial charge on any atom is -0.367 e. The normalized spacial score (nSPS) is 19.5. The van der Waals surface area contributed by atoms with Crippen molar-refractivity contribution in [3.8, 4) is 0 Å². The molecule has 1 fully saturated rings. The molecule has 4 heterocycles. The van der Waals surface area contributed by atoms with Gasteiger partial charge in [-0.25, -0.2) is 9.50 Å². The van der Waals surface area contributed by atoms with Crippen molar-refractivity contribution >= 4 is 29.0 Å². The number of amides is 1. The molecule has 2 aliphatic rings. The van der Waals surface area contributed by atoms with E-state index in [1.165, 1.54) is 10.7 Å². The molecule has 0 bridgehead atoms. The minimum atomic E-state index is -4.42. The van der Waals surface area contributed by atoms with Gasteiger partial charge in [0.15, 0.2) is 5.65 Å². The fourth-order valence-electron chi connectivity index (χ4n) is 5.01. The number of anilines is 3. The van der Waals surface area contributed by atoms with E-state index in [0.717, 1.165) is 59.6 Å². The van der Waals surface area contributed by atoms with Gasteiger partial charge in [0.1, 0.15) is 5.82 Å². The number of halogens is 3. The van der Waals surface area contributed by atoms with Crippen molar-refractivity contribution in [3.63, 3.8) is 0 Å². The molecule has 11 heteroatoms. The fourth-order valence-corrected chi connectivity index (χ4v) is 5.01. The van der Waals surface area contributed by atoms with E-state index in [9.17, 15) is 18.0 Å². The number of aryl methyl sites for hydroxylation is 1. The van der Waals surface area contributed by atoms with Crippen molar-refractivity contribution in [3.05, 3.63) is 77.1 Å². The monoisotopic (exact) mass is 507 g/mol. The number of pyridine rings is 2. The van der Waals surface area contributed by atoms with Gasteiger partial charge in [-0.1, -0.05) is 17.7 Å².